The van der Waals surface area contributed by atoms with Crippen LogP contribution < -0.4 is 10.1 Å². The first-order chi connectivity index (χ1) is 15.0. The van der Waals surface area contributed by atoms with Crippen molar-refractivity contribution in [1.82, 2.24) is 19.8 Å². The molecule has 2 amide bonds. The van der Waals surface area contributed by atoms with E-state index in [4.69, 9.17) is 4.74 Å². The van der Waals surface area contributed by atoms with Gasteiger partial charge < -0.3 is 19.5 Å². The van der Waals surface area contributed by atoms with Crippen molar-refractivity contribution in [2.75, 3.05) is 13.1 Å². The number of rotatable bonds is 6. The molecule has 1 spiro atoms. The van der Waals surface area contributed by atoms with Crippen LogP contribution in [-0.2, 0) is 16.1 Å². The Morgan fingerprint density at radius 2 is 2.13 bits per heavy atom. The average Bonchev–Trinajstić information content (AvgIpc) is 3.23. The summed E-state index contributed by atoms with van der Waals surface area (Å²) < 4.78 is 8.21. The number of nitrogens with zero attached hydrogens (tertiary/aromatic N) is 3. The summed E-state index contributed by atoms with van der Waals surface area (Å²) >= 11 is 0. The molecule has 0 unspecified atom stereocenters. The van der Waals surface area contributed by atoms with Crippen molar-refractivity contribution >= 4 is 17.6 Å². The molecule has 1 N–H and O–H groups in total. The third-order valence-electron chi connectivity index (χ3n) is 6.22. The minimum Gasteiger partial charge on any atom is -0.486 e. The van der Waals surface area contributed by atoms with Crippen LogP contribution in [0.4, 0.5) is 0 Å². The molecule has 4 rings (SSSR count). The van der Waals surface area contributed by atoms with Gasteiger partial charge in [0, 0.05) is 44.9 Å². The third-order valence-corrected chi connectivity index (χ3v) is 6.22. The van der Waals surface area contributed by atoms with Crippen molar-refractivity contribution in [3.8, 4) is 5.75 Å². The van der Waals surface area contributed by atoms with Gasteiger partial charge in [-0.25, -0.2) is 4.98 Å². The second-order valence-corrected chi connectivity index (χ2v) is 8.34. The number of imidazole rings is 1. The first kappa shape index (κ1) is 21.1. The molecule has 2 atom stereocenters. The molecular formula is C23H28N4O4. The van der Waals surface area contributed by atoms with E-state index in [1.165, 1.54) is 0 Å². The number of Topliss-reactive ketones (excluding diaryl/α,β-unsaturated/α-hetero) is 1. The van der Waals surface area contributed by atoms with Gasteiger partial charge in [-0.15, -0.1) is 0 Å². The number of fused-ring (bicyclic) bond motifs is 1. The van der Waals surface area contributed by atoms with Gasteiger partial charge in [-0.3, -0.25) is 14.4 Å². The minimum absolute atomic E-state index is 0.0476. The highest BCUT2D eigenvalue weighted by atomic mass is 16.5. The fourth-order valence-corrected chi connectivity index (χ4v) is 4.37. The number of ketones is 1. The standard InChI is InChI=1S/C23H28N4O4/c1-17(22(30)25-10-4-12-26-14-11-24-16-26)27-13-9-23(8-7-21(27)29)15-19(28)18-5-2-3-6-20(18)31-23/h2-3,5-6,11,14,16-17H,4,7-10,12-13,15H2,1H3,(H,25,30)/t17-,23-/m0/s1. The Bertz CT molecular complexity index is 958. The van der Waals surface area contributed by atoms with E-state index in [0.717, 1.165) is 13.0 Å². The molecule has 8 nitrogen and oxygen atoms in total. The molecule has 31 heavy (non-hydrogen) atoms. The lowest BCUT2D eigenvalue weighted by molar-refractivity contribution is -0.139. The lowest BCUT2D eigenvalue weighted by atomic mass is 9.84. The van der Waals surface area contributed by atoms with Crippen molar-refractivity contribution in [3.63, 3.8) is 0 Å². The molecule has 8 heteroatoms. The number of benzene rings is 1. The predicted molar refractivity (Wildman–Crippen MR) is 114 cm³/mol. The van der Waals surface area contributed by atoms with E-state index in [1.54, 1.807) is 36.5 Å². The zero-order chi connectivity index (χ0) is 21.8. The van der Waals surface area contributed by atoms with Gasteiger partial charge in [0.15, 0.2) is 5.78 Å². The Morgan fingerprint density at radius 3 is 2.94 bits per heavy atom. The number of para-hydroxylation sites is 1. The second-order valence-electron chi connectivity index (χ2n) is 8.34. The second kappa shape index (κ2) is 8.91. The van der Waals surface area contributed by atoms with Crippen LogP contribution in [0, 0.1) is 0 Å². The smallest absolute Gasteiger partial charge is 0.242 e. The number of ether oxygens (including phenoxy) is 1. The highest BCUT2D eigenvalue weighted by Gasteiger charge is 2.44. The van der Waals surface area contributed by atoms with Gasteiger partial charge in [-0.2, -0.15) is 0 Å². The van der Waals surface area contributed by atoms with Crippen LogP contribution in [0.2, 0.25) is 0 Å². The Morgan fingerprint density at radius 1 is 1.29 bits per heavy atom. The lowest BCUT2D eigenvalue weighted by Gasteiger charge is -2.37. The summed E-state index contributed by atoms with van der Waals surface area (Å²) in [5.74, 6) is 0.392. The topological polar surface area (TPSA) is 93.5 Å². The number of hydrogen-bond acceptors (Lipinski definition) is 5. The summed E-state index contributed by atoms with van der Waals surface area (Å²) in [6.07, 6.45) is 7.65. The summed E-state index contributed by atoms with van der Waals surface area (Å²) in [6.45, 7) is 3.44. The highest BCUT2D eigenvalue weighted by molar-refractivity contribution is 6.00. The molecule has 164 valence electrons. The van der Waals surface area contributed by atoms with E-state index < -0.39 is 11.6 Å². The van der Waals surface area contributed by atoms with Crippen LogP contribution >= 0.6 is 0 Å². The number of aryl methyl sites for hydroxylation is 1. The number of aromatic nitrogens is 2. The van der Waals surface area contributed by atoms with E-state index in [-0.39, 0.29) is 30.4 Å². The van der Waals surface area contributed by atoms with Crippen LogP contribution in [0.3, 0.4) is 0 Å². The molecule has 1 saturated heterocycles. The van der Waals surface area contributed by atoms with Gasteiger partial charge in [0.1, 0.15) is 17.4 Å². The normalized spacial score (nSPS) is 21.9. The van der Waals surface area contributed by atoms with Crippen LogP contribution in [-0.4, -0.2) is 56.8 Å². The van der Waals surface area contributed by atoms with Gasteiger partial charge in [0.05, 0.1) is 18.3 Å². The van der Waals surface area contributed by atoms with Gasteiger partial charge in [0.25, 0.3) is 0 Å². The van der Waals surface area contributed by atoms with Crippen molar-refractivity contribution in [2.45, 2.75) is 57.2 Å². The summed E-state index contributed by atoms with van der Waals surface area (Å²) in [5, 5.41) is 2.92. The molecular weight excluding hydrogens is 396 g/mol. The molecule has 1 aromatic heterocycles. The number of carbonyl (C=O) groups excluding carboxylic acids is 3. The first-order valence-corrected chi connectivity index (χ1v) is 10.8. The fraction of sp³-hybridized carbons (Fsp3) is 0.478. The predicted octanol–water partition coefficient (Wildman–Crippen LogP) is 2.19. The molecule has 3 heterocycles. The number of amides is 2. The van der Waals surface area contributed by atoms with Gasteiger partial charge in [-0.05, 0) is 31.9 Å². The number of likely N-dealkylation sites (tertiary alicyclic amines) is 1. The van der Waals surface area contributed by atoms with Crippen LogP contribution in [0.15, 0.2) is 43.0 Å². The van der Waals surface area contributed by atoms with Crippen LogP contribution in [0.1, 0.15) is 49.4 Å². The van der Waals surface area contributed by atoms with Crippen molar-refractivity contribution < 1.29 is 19.1 Å². The minimum atomic E-state index is -0.684. The van der Waals surface area contributed by atoms with E-state index >= 15 is 0 Å². The largest absolute Gasteiger partial charge is 0.486 e. The zero-order valence-corrected chi connectivity index (χ0v) is 17.8. The zero-order valence-electron chi connectivity index (χ0n) is 17.8. The number of hydrogen-bond donors (Lipinski definition) is 1. The summed E-state index contributed by atoms with van der Waals surface area (Å²) in [5.41, 5.74) is -0.0828. The molecule has 2 aromatic rings. The van der Waals surface area contributed by atoms with Gasteiger partial charge >= 0.3 is 0 Å². The lowest BCUT2D eigenvalue weighted by Crippen LogP contribution is -2.48. The Kier molecular flexibility index (Phi) is 6.06. The maximum atomic E-state index is 12.8. The summed E-state index contributed by atoms with van der Waals surface area (Å²) in [4.78, 5) is 43.7. The first-order valence-electron chi connectivity index (χ1n) is 10.8. The van der Waals surface area contributed by atoms with E-state index in [1.807, 2.05) is 22.9 Å². The van der Waals surface area contributed by atoms with Crippen molar-refractivity contribution in [2.24, 2.45) is 0 Å². The molecule has 0 radical (unpaired) electrons. The number of carbonyl (C=O) groups is 3. The van der Waals surface area contributed by atoms with Crippen molar-refractivity contribution in [1.29, 1.82) is 0 Å². The monoisotopic (exact) mass is 424 g/mol. The van der Waals surface area contributed by atoms with Gasteiger partial charge in [-0.1, -0.05) is 12.1 Å². The maximum absolute atomic E-state index is 12.8. The quantitative estimate of drug-likeness (QED) is 0.718. The van der Waals surface area contributed by atoms with Gasteiger partial charge in [0.2, 0.25) is 11.8 Å². The third kappa shape index (κ3) is 4.62. The number of nitrogens with one attached hydrogen (secondary N) is 1. The molecule has 1 fully saturated rings. The average molecular weight is 425 g/mol. The molecule has 1 aromatic carbocycles. The Hall–Kier alpha value is -3.16. The molecule has 0 saturated carbocycles. The van der Waals surface area contributed by atoms with E-state index in [2.05, 4.69) is 10.3 Å². The maximum Gasteiger partial charge on any atom is 0.242 e. The fourth-order valence-electron chi connectivity index (χ4n) is 4.37. The Balaban J connectivity index is 1.34. The summed E-state index contributed by atoms with van der Waals surface area (Å²) in [6, 6.07) is 6.68. The molecule has 0 aliphatic carbocycles. The summed E-state index contributed by atoms with van der Waals surface area (Å²) in [7, 11) is 0. The van der Waals surface area contributed by atoms with E-state index in [9.17, 15) is 14.4 Å². The van der Waals surface area contributed by atoms with Crippen LogP contribution in [0.25, 0.3) is 0 Å². The van der Waals surface area contributed by atoms with Crippen molar-refractivity contribution in [3.05, 3.63) is 48.5 Å². The SMILES string of the molecule is C[C@@H](C(=O)NCCCn1ccnc1)N1CC[C@@]2(CCC1=O)CC(=O)c1ccccc1O2. The van der Waals surface area contributed by atoms with E-state index in [0.29, 0.717) is 37.2 Å². The van der Waals surface area contributed by atoms with Crippen LogP contribution in [0.5, 0.6) is 5.75 Å². The Labute approximate surface area is 181 Å². The molecule has 2 aliphatic rings. The highest BCUT2D eigenvalue weighted by Crippen LogP contribution is 2.39. The molecule has 2 aliphatic heterocycles. The molecule has 0 bridgehead atoms.